The van der Waals surface area contributed by atoms with Crippen LogP contribution in [0.2, 0.25) is 0 Å². The molecule has 130 heavy (non-hydrogen) atoms. The molecule has 0 aliphatic carbocycles. The van der Waals surface area contributed by atoms with Crippen LogP contribution in [-0.4, -0.2) is 279 Å². The predicted octanol–water partition coefficient (Wildman–Crippen LogP) is 22.8. The zero-order chi connectivity index (χ0) is 95.1. The van der Waals surface area contributed by atoms with Gasteiger partial charge in [0.05, 0.1) is 25.4 Å². The van der Waals surface area contributed by atoms with Gasteiger partial charge in [-0.1, -0.05) is 253 Å². The molecule has 6 aromatic rings. The maximum absolute atomic E-state index is 9.54. The molecule has 6 saturated heterocycles. The summed E-state index contributed by atoms with van der Waals surface area (Å²) < 4.78 is 35.8. The van der Waals surface area contributed by atoms with E-state index in [0.717, 1.165) is 186 Å². The molecular formula is C113H187N9O8. The summed E-state index contributed by atoms with van der Waals surface area (Å²) in [6, 6.07) is 40.3. The molecular weight excluding hydrogens is 1610 g/mol. The van der Waals surface area contributed by atoms with Gasteiger partial charge in [0.2, 0.25) is 0 Å². The molecule has 732 valence electrons. The number of likely N-dealkylation sites (tertiary alicyclic amines) is 2. The highest BCUT2D eigenvalue weighted by Gasteiger charge is 2.25. The smallest absolute Gasteiger partial charge is 0.122 e. The van der Waals surface area contributed by atoms with Gasteiger partial charge in [-0.2, -0.15) is 0 Å². The van der Waals surface area contributed by atoms with Crippen LogP contribution < -0.4 is 28.6 Å². The molecule has 6 heterocycles. The normalized spacial score (nSPS) is 17.2. The Hall–Kier alpha value is -6.32. The van der Waals surface area contributed by atoms with Crippen LogP contribution in [0.4, 0.5) is 5.69 Å². The van der Waals surface area contributed by atoms with Crippen molar-refractivity contribution in [3.05, 3.63) is 176 Å². The Kier molecular flexibility index (Phi) is 49.5. The van der Waals surface area contributed by atoms with E-state index in [1.165, 1.54) is 151 Å². The van der Waals surface area contributed by atoms with E-state index in [2.05, 4.69) is 340 Å². The number of piperazine rings is 3. The van der Waals surface area contributed by atoms with Gasteiger partial charge in [-0.05, 0) is 220 Å². The molecule has 0 unspecified atom stereocenters. The van der Waals surface area contributed by atoms with Gasteiger partial charge in [0.15, 0.2) is 0 Å². The molecule has 0 amide bonds. The van der Waals surface area contributed by atoms with E-state index in [1.807, 2.05) is 0 Å². The number of aliphatic hydroxyl groups excluding tert-OH is 2. The molecule has 6 aliphatic rings. The van der Waals surface area contributed by atoms with E-state index in [0.29, 0.717) is 71.0 Å². The lowest BCUT2D eigenvalue weighted by Crippen LogP contribution is -2.47. The average Bonchev–Trinajstić information content (AvgIpc) is 0.806. The number of rotatable bonds is 35. The van der Waals surface area contributed by atoms with E-state index in [-0.39, 0.29) is 12.2 Å². The lowest BCUT2D eigenvalue weighted by molar-refractivity contribution is 0.0322. The van der Waals surface area contributed by atoms with Gasteiger partial charge in [0, 0.05) is 156 Å². The number of piperidine rings is 2. The fraction of sp³-hybridized carbons (Fsp3) is 0.681. The van der Waals surface area contributed by atoms with Gasteiger partial charge >= 0.3 is 0 Å². The maximum Gasteiger partial charge on any atom is 0.122 e. The third-order valence-electron chi connectivity index (χ3n) is 27.2. The molecule has 0 saturated carbocycles. The molecule has 0 aromatic heterocycles. The number of hydrogen-bond acceptors (Lipinski definition) is 17. The van der Waals surface area contributed by atoms with Crippen LogP contribution in [0.5, 0.6) is 28.7 Å². The number of hydrogen-bond donors (Lipinski definition) is 2. The highest BCUT2D eigenvalue weighted by molar-refractivity contribution is 5.57. The summed E-state index contributed by atoms with van der Waals surface area (Å²) in [6.45, 7) is 91.1. The first-order chi connectivity index (χ1) is 62.0. The fourth-order valence-electron chi connectivity index (χ4n) is 17.5. The van der Waals surface area contributed by atoms with Crippen LogP contribution in [0.1, 0.15) is 343 Å². The molecule has 0 bridgehead atoms. The molecule has 12 rings (SSSR count). The van der Waals surface area contributed by atoms with Crippen LogP contribution >= 0.6 is 0 Å². The van der Waals surface area contributed by atoms with E-state index < -0.39 is 0 Å². The van der Waals surface area contributed by atoms with Crippen molar-refractivity contribution in [2.45, 2.75) is 289 Å². The van der Waals surface area contributed by atoms with Gasteiger partial charge in [-0.25, -0.2) is 0 Å². The SMILES string of the molecule is CC(C)c1ccc(N2CCN(C)CC2)c(C(C)C)c1.CC(C)c1ccc(OCCN2CCC(O)CC2)c(C(C)C)c1.CC(C)c1ccc(OCCN2CCC(O)CC2)c(C(C)C)c1.CC(C)c1ccc(OCCN2CCOCC2)c(C(C)C)c1.CCN1CCN(CCOc2ccc(C(C)C)cc2C(C)C)CC1.CCN1CCN(CCOc2ccc(C(C)C)cc2C(C)C)CC1. The number of morpholine rings is 1. The summed E-state index contributed by atoms with van der Waals surface area (Å²) in [5.74, 6) is 11.6. The minimum Gasteiger partial charge on any atom is -0.492 e. The Labute approximate surface area is 794 Å². The maximum atomic E-state index is 9.54. The Morgan fingerprint density at radius 1 is 0.262 bits per heavy atom. The van der Waals surface area contributed by atoms with Crippen LogP contribution in [0.3, 0.4) is 0 Å². The Morgan fingerprint density at radius 3 is 0.708 bits per heavy atom. The van der Waals surface area contributed by atoms with Gasteiger partial charge in [-0.15, -0.1) is 0 Å². The molecule has 6 aliphatic heterocycles. The third-order valence-corrected chi connectivity index (χ3v) is 27.2. The minimum absolute atomic E-state index is 0.103. The Morgan fingerprint density at radius 2 is 0.477 bits per heavy atom. The van der Waals surface area contributed by atoms with Gasteiger partial charge < -0.3 is 58.2 Å². The molecule has 6 aromatic carbocycles. The lowest BCUT2D eigenvalue weighted by Gasteiger charge is -2.36. The highest BCUT2D eigenvalue weighted by atomic mass is 16.5. The van der Waals surface area contributed by atoms with Crippen molar-refractivity contribution in [1.82, 2.24) is 39.2 Å². The van der Waals surface area contributed by atoms with E-state index >= 15 is 0 Å². The number of anilines is 1. The van der Waals surface area contributed by atoms with Crippen molar-refractivity contribution in [3.8, 4) is 28.7 Å². The topological polar surface area (TPSA) is 125 Å². The summed E-state index contributed by atoms with van der Waals surface area (Å²) in [5.41, 5.74) is 18.0. The second-order valence-corrected chi connectivity index (χ2v) is 41.3. The van der Waals surface area contributed by atoms with Crippen molar-refractivity contribution < 1.29 is 38.6 Å². The number of likely N-dealkylation sites (N-methyl/N-ethyl adjacent to an activating group) is 3. The molecule has 0 atom stereocenters. The first-order valence-corrected chi connectivity index (χ1v) is 51.4. The number of ether oxygens (including phenoxy) is 6. The summed E-state index contributed by atoms with van der Waals surface area (Å²) in [4.78, 5) is 22.2. The summed E-state index contributed by atoms with van der Waals surface area (Å²) in [7, 11) is 2.21. The summed E-state index contributed by atoms with van der Waals surface area (Å²) in [6.07, 6.45) is 3.35. The molecule has 17 nitrogen and oxygen atoms in total. The fourth-order valence-corrected chi connectivity index (χ4v) is 17.5. The van der Waals surface area contributed by atoms with E-state index in [4.69, 9.17) is 28.4 Å². The van der Waals surface area contributed by atoms with Crippen LogP contribution in [0, 0.1) is 0 Å². The van der Waals surface area contributed by atoms with Crippen molar-refractivity contribution in [3.63, 3.8) is 0 Å². The van der Waals surface area contributed by atoms with Crippen molar-refractivity contribution in [2.75, 3.05) is 222 Å². The van der Waals surface area contributed by atoms with Crippen molar-refractivity contribution in [2.24, 2.45) is 0 Å². The predicted molar refractivity (Wildman–Crippen MR) is 553 cm³/mol. The zero-order valence-electron chi connectivity index (χ0n) is 87.3. The average molecular weight is 1800 g/mol. The van der Waals surface area contributed by atoms with E-state index in [1.54, 1.807) is 0 Å². The first kappa shape index (κ1) is 111. The van der Waals surface area contributed by atoms with Crippen LogP contribution in [-0.2, 0) is 4.74 Å². The minimum atomic E-state index is -0.103. The monoisotopic (exact) mass is 1800 g/mol. The largest absolute Gasteiger partial charge is 0.492 e. The summed E-state index contributed by atoms with van der Waals surface area (Å²) in [5, 5.41) is 19.1. The van der Waals surface area contributed by atoms with E-state index in [9.17, 15) is 10.2 Å². The molecule has 0 radical (unpaired) electrons. The second-order valence-electron chi connectivity index (χ2n) is 41.3. The Bertz CT molecular complexity index is 3900. The molecule has 2 N–H and O–H groups in total. The van der Waals surface area contributed by atoms with Crippen LogP contribution in [0.25, 0.3) is 0 Å². The first-order valence-electron chi connectivity index (χ1n) is 51.4. The Balaban J connectivity index is 0.000000214. The molecule has 17 heteroatoms. The van der Waals surface area contributed by atoms with Gasteiger partial charge in [-0.3, -0.25) is 24.5 Å². The number of aliphatic hydroxyl groups is 2. The quantitative estimate of drug-likeness (QED) is 0.0392. The highest BCUT2D eigenvalue weighted by Crippen LogP contribution is 2.37. The number of nitrogens with zero attached hydrogens (tertiary/aromatic N) is 9. The molecule has 0 spiro atoms. The second kappa shape index (κ2) is 58.2. The standard InChI is InChI=1S/2C20H34N2O.2C19H31NO2.C18H29NO2.C17H28N2/c2*1-6-21-9-11-22(12-10-21)13-14-23-20-8-7-18(16(2)3)15-19(20)17(4)5;2*1-14(2)16-5-6-19(18(13-16)15(3)4)22-12-11-20-9-7-17(21)8-10-20;1-14(2)16-5-6-18(17(13-16)15(3)4)21-12-9-19-7-10-20-11-8-19;1-13(2)15-6-7-17(16(12-15)14(3)4)19-10-8-18(5)9-11-19/h2*7-8,15-17H,6,9-14H2,1-5H3;2*5-6,13-15,17,21H,7-12H2,1-4H3;5-6,13-15H,7-12H2,1-4H3;6-7,12-14H,8-11H2,1-5H3. The number of benzene rings is 6. The van der Waals surface area contributed by atoms with Gasteiger partial charge in [0.1, 0.15) is 61.8 Å². The zero-order valence-corrected chi connectivity index (χ0v) is 87.3. The van der Waals surface area contributed by atoms with Gasteiger partial charge in [0.25, 0.3) is 0 Å². The van der Waals surface area contributed by atoms with Crippen molar-refractivity contribution >= 4 is 5.69 Å². The third kappa shape index (κ3) is 38.1. The molecule has 6 fully saturated rings. The lowest BCUT2D eigenvalue weighted by atomic mass is 9.93. The van der Waals surface area contributed by atoms with Crippen molar-refractivity contribution in [1.29, 1.82) is 0 Å². The van der Waals surface area contributed by atoms with Crippen LogP contribution in [0.15, 0.2) is 109 Å². The summed E-state index contributed by atoms with van der Waals surface area (Å²) >= 11 is 0.